The van der Waals surface area contributed by atoms with Crippen LogP contribution in [0.1, 0.15) is 0 Å². The lowest BCUT2D eigenvalue weighted by molar-refractivity contribution is 1.18. The predicted octanol–water partition coefficient (Wildman–Crippen LogP) is 12.7. The maximum Gasteiger partial charge on any atom is 0.0963 e. The van der Waals surface area contributed by atoms with E-state index in [4.69, 9.17) is 4.98 Å². The fraction of sp³-hybridized carbons (Fsp3) is 0. The van der Waals surface area contributed by atoms with Crippen molar-refractivity contribution < 1.29 is 0 Å². The minimum absolute atomic E-state index is 0.932. The van der Waals surface area contributed by atoms with Crippen LogP contribution in [0.5, 0.6) is 0 Å². The van der Waals surface area contributed by atoms with E-state index in [1.807, 2.05) is 48.9 Å². The van der Waals surface area contributed by atoms with Gasteiger partial charge in [-0.1, -0.05) is 78.9 Å². The molecule has 0 saturated heterocycles. The normalized spacial score (nSPS) is 11.6. The molecule has 0 radical (unpaired) electrons. The van der Waals surface area contributed by atoms with Crippen LogP contribution in [-0.2, 0) is 0 Å². The molecule has 11 aromatic rings. The SMILES string of the molecule is c1ccc(-n2c3ccc(-c4cccc5c4c4ccccc4n5-c4ccc(-c5cc(-c6ccccn6)cc(-c6ccccn6)c5)cc4)cc3c3ncccc32)cc1. The third-order valence-corrected chi connectivity index (χ3v) is 10.9. The number of fused-ring (bicyclic) bond motifs is 6. The van der Waals surface area contributed by atoms with Gasteiger partial charge in [0.2, 0.25) is 0 Å². The second-order valence-corrected chi connectivity index (χ2v) is 14.1. The Kier molecular flexibility index (Phi) is 7.42. The van der Waals surface area contributed by atoms with Crippen molar-refractivity contribution in [2.75, 3.05) is 0 Å². The zero-order valence-electron chi connectivity index (χ0n) is 30.3. The van der Waals surface area contributed by atoms with Crippen LogP contribution in [0.3, 0.4) is 0 Å². The molecule has 0 bridgehead atoms. The Hall–Kier alpha value is -7.63. The lowest BCUT2D eigenvalue weighted by Gasteiger charge is -2.12. The van der Waals surface area contributed by atoms with Crippen LogP contribution in [0.25, 0.3) is 99.9 Å². The molecule has 56 heavy (non-hydrogen) atoms. The number of aromatic nitrogens is 5. The van der Waals surface area contributed by atoms with Crippen molar-refractivity contribution in [1.82, 2.24) is 24.1 Å². The highest BCUT2D eigenvalue weighted by molar-refractivity contribution is 6.17. The molecule has 5 aromatic heterocycles. The minimum Gasteiger partial charge on any atom is -0.309 e. The summed E-state index contributed by atoms with van der Waals surface area (Å²) in [6.07, 6.45) is 5.57. The molecule has 11 rings (SSSR count). The van der Waals surface area contributed by atoms with Gasteiger partial charge >= 0.3 is 0 Å². The first-order chi connectivity index (χ1) is 27.8. The molecule has 0 spiro atoms. The number of hydrogen-bond donors (Lipinski definition) is 0. The Morgan fingerprint density at radius 3 is 1.66 bits per heavy atom. The van der Waals surface area contributed by atoms with Crippen molar-refractivity contribution in [3.63, 3.8) is 0 Å². The fourth-order valence-corrected chi connectivity index (χ4v) is 8.36. The summed E-state index contributed by atoms with van der Waals surface area (Å²) < 4.78 is 4.70. The quantitative estimate of drug-likeness (QED) is 0.172. The van der Waals surface area contributed by atoms with E-state index in [0.717, 1.165) is 78.0 Å². The molecule has 0 unspecified atom stereocenters. The lowest BCUT2D eigenvalue weighted by Crippen LogP contribution is -1.94. The summed E-state index contributed by atoms with van der Waals surface area (Å²) in [4.78, 5) is 14.2. The summed E-state index contributed by atoms with van der Waals surface area (Å²) in [7, 11) is 0. The van der Waals surface area contributed by atoms with E-state index in [1.165, 1.54) is 21.9 Å². The number of hydrogen-bond acceptors (Lipinski definition) is 3. The van der Waals surface area contributed by atoms with Gasteiger partial charge in [-0.25, -0.2) is 0 Å². The van der Waals surface area contributed by atoms with Crippen LogP contribution in [-0.4, -0.2) is 24.1 Å². The molecule has 0 aliphatic heterocycles. The maximum atomic E-state index is 4.88. The molecule has 5 heterocycles. The molecule has 0 aliphatic carbocycles. The Morgan fingerprint density at radius 2 is 0.911 bits per heavy atom. The Balaban J connectivity index is 1.05. The minimum atomic E-state index is 0.932. The van der Waals surface area contributed by atoms with Gasteiger partial charge in [0.05, 0.1) is 39.0 Å². The molecule has 0 amide bonds. The number of benzene rings is 6. The van der Waals surface area contributed by atoms with E-state index in [9.17, 15) is 0 Å². The zero-order valence-corrected chi connectivity index (χ0v) is 30.3. The first kappa shape index (κ1) is 31.9. The monoisotopic (exact) mass is 715 g/mol. The number of rotatable bonds is 6. The molecular weight excluding hydrogens is 683 g/mol. The van der Waals surface area contributed by atoms with E-state index >= 15 is 0 Å². The highest BCUT2D eigenvalue weighted by Gasteiger charge is 2.19. The average Bonchev–Trinajstić information content (AvgIpc) is 3.80. The van der Waals surface area contributed by atoms with Crippen LogP contribution in [0.4, 0.5) is 0 Å². The van der Waals surface area contributed by atoms with Crippen molar-refractivity contribution >= 4 is 43.7 Å². The zero-order chi connectivity index (χ0) is 37.0. The second-order valence-electron chi connectivity index (χ2n) is 14.1. The van der Waals surface area contributed by atoms with Crippen molar-refractivity contribution in [1.29, 1.82) is 0 Å². The topological polar surface area (TPSA) is 48.5 Å². The number of nitrogens with zero attached hydrogens (tertiary/aromatic N) is 5. The largest absolute Gasteiger partial charge is 0.309 e. The smallest absolute Gasteiger partial charge is 0.0963 e. The first-order valence-corrected chi connectivity index (χ1v) is 18.8. The van der Waals surface area contributed by atoms with Gasteiger partial charge in [0.1, 0.15) is 0 Å². The lowest BCUT2D eigenvalue weighted by atomic mass is 9.96. The summed E-state index contributed by atoms with van der Waals surface area (Å²) in [5.41, 5.74) is 16.4. The number of pyridine rings is 3. The third kappa shape index (κ3) is 5.21. The summed E-state index contributed by atoms with van der Waals surface area (Å²) in [5, 5.41) is 3.58. The first-order valence-electron chi connectivity index (χ1n) is 18.8. The molecule has 5 nitrogen and oxygen atoms in total. The Bertz CT molecular complexity index is 3160. The van der Waals surface area contributed by atoms with Crippen molar-refractivity contribution in [2.45, 2.75) is 0 Å². The molecule has 0 saturated carbocycles. The van der Waals surface area contributed by atoms with Crippen LogP contribution >= 0.6 is 0 Å². The van der Waals surface area contributed by atoms with E-state index < -0.39 is 0 Å². The summed E-state index contributed by atoms with van der Waals surface area (Å²) >= 11 is 0. The molecule has 0 fully saturated rings. The van der Waals surface area contributed by atoms with Gasteiger partial charge in [0, 0.05) is 57.3 Å². The summed E-state index contributed by atoms with van der Waals surface area (Å²) in [5.74, 6) is 0. The van der Waals surface area contributed by atoms with E-state index in [1.54, 1.807) is 0 Å². The van der Waals surface area contributed by atoms with Gasteiger partial charge in [-0.05, 0) is 125 Å². The van der Waals surface area contributed by atoms with Crippen LogP contribution < -0.4 is 0 Å². The molecule has 0 aliphatic rings. The summed E-state index contributed by atoms with van der Waals surface area (Å²) in [6, 6.07) is 64.5. The van der Waals surface area contributed by atoms with Crippen LogP contribution in [0.15, 0.2) is 201 Å². The molecule has 262 valence electrons. The molecular formula is C51H33N5. The maximum absolute atomic E-state index is 4.88. The average molecular weight is 716 g/mol. The van der Waals surface area contributed by atoms with E-state index in [0.29, 0.717) is 0 Å². The van der Waals surface area contributed by atoms with Gasteiger partial charge in [-0.3, -0.25) is 15.0 Å². The highest BCUT2D eigenvalue weighted by atomic mass is 15.0. The Morgan fingerprint density at radius 1 is 0.321 bits per heavy atom. The Labute approximate surface area is 323 Å². The van der Waals surface area contributed by atoms with Gasteiger partial charge in [0.25, 0.3) is 0 Å². The molecule has 0 N–H and O–H groups in total. The van der Waals surface area contributed by atoms with Crippen LogP contribution in [0, 0.1) is 0 Å². The van der Waals surface area contributed by atoms with E-state index in [-0.39, 0.29) is 0 Å². The van der Waals surface area contributed by atoms with Gasteiger partial charge in [0.15, 0.2) is 0 Å². The molecule has 0 atom stereocenters. The summed E-state index contributed by atoms with van der Waals surface area (Å²) in [6.45, 7) is 0. The van der Waals surface area contributed by atoms with Crippen molar-refractivity contribution in [3.05, 3.63) is 201 Å². The second kappa shape index (κ2) is 13.0. The van der Waals surface area contributed by atoms with Crippen molar-refractivity contribution in [2.24, 2.45) is 0 Å². The van der Waals surface area contributed by atoms with Gasteiger partial charge in [-0.15, -0.1) is 0 Å². The fourth-order valence-electron chi connectivity index (χ4n) is 8.36. The standard InChI is InChI=1S/C51H33N5/c1-2-12-39(13-3-1)56-47-26-23-35(33-43(47)51-49(56)20-11-29-54-51)41-15-10-19-48-50(41)42-14-4-5-18-46(42)55(48)40-24-21-34(22-25-40)36-30-37(44-16-6-8-27-52-44)32-38(31-36)45-17-7-9-28-53-45/h1-33H. The third-order valence-electron chi connectivity index (χ3n) is 10.9. The van der Waals surface area contributed by atoms with Gasteiger partial charge < -0.3 is 9.13 Å². The highest BCUT2D eigenvalue weighted by Crippen LogP contribution is 2.41. The molecule has 5 heteroatoms. The van der Waals surface area contributed by atoms with Gasteiger partial charge in [-0.2, -0.15) is 0 Å². The van der Waals surface area contributed by atoms with E-state index in [2.05, 4.69) is 171 Å². The van der Waals surface area contributed by atoms with Crippen molar-refractivity contribution in [3.8, 4) is 56.1 Å². The predicted molar refractivity (Wildman–Crippen MR) is 230 cm³/mol. The van der Waals surface area contributed by atoms with Crippen LogP contribution in [0.2, 0.25) is 0 Å². The number of para-hydroxylation sites is 2. The molecule has 6 aromatic carbocycles.